The second kappa shape index (κ2) is 3.42. The number of hydrogen-bond acceptors (Lipinski definition) is 2. The van der Waals surface area contributed by atoms with Gasteiger partial charge in [0.15, 0.2) is 0 Å². The van der Waals surface area contributed by atoms with Crippen molar-refractivity contribution in [2.45, 2.75) is 19.4 Å². The first-order chi connectivity index (χ1) is 6.68. The minimum Gasteiger partial charge on any atom is -0.478 e. The van der Waals surface area contributed by atoms with Gasteiger partial charge < -0.3 is 10.4 Å². The highest BCUT2D eigenvalue weighted by atomic mass is 16.4. The maximum atomic E-state index is 10.8. The van der Waals surface area contributed by atoms with Crippen molar-refractivity contribution >= 4 is 5.97 Å². The Kier molecular flexibility index (Phi) is 2.25. The van der Waals surface area contributed by atoms with Crippen molar-refractivity contribution < 1.29 is 9.90 Å². The van der Waals surface area contributed by atoms with E-state index in [1.165, 1.54) is 5.56 Å². The molecule has 0 amide bonds. The number of rotatable bonds is 1. The predicted octanol–water partition coefficient (Wildman–Crippen LogP) is 1.59. The normalized spacial score (nSPS) is 20.2. The second-order valence-corrected chi connectivity index (χ2v) is 3.64. The van der Waals surface area contributed by atoms with Gasteiger partial charge in [0.1, 0.15) is 0 Å². The average molecular weight is 191 g/mol. The Morgan fingerprint density at radius 3 is 3.07 bits per heavy atom. The minimum absolute atomic E-state index is 0.335. The van der Waals surface area contributed by atoms with Gasteiger partial charge in [-0.25, -0.2) is 4.79 Å². The van der Waals surface area contributed by atoms with Crippen LogP contribution in [0.15, 0.2) is 18.2 Å². The van der Waals surface area contributed by atoms with E-state index in [4.69, 9.17) is 5.11 Å². The molecule has 0 spiro atoms. The molecule has 1 unspecified atom stereocenters. The number of carboxylic acids is 1. The molecule has 0 fully saturated rings. The third-order valence-corrected chi connectivity index (χ3v) is 2.70. The quantitative estimate of drug-likeness (QED) is 0.708. The van der Waals surface area contributed by atoms with Crippen LogP contribution in [0.1, 0.15) is 34.5 Å². The Labute approximate surface area is 82.8 Å². The Balaban J connectivity index is 2.44. The summed E-state index contributed by atoms with van der Waals surface area (Å²) in [6.45, 7) is 3.02. The summed E-state index contributed by atoms with van der Waals surface area (Å²) in [6, 6.07) is 5.71. The summed E-state index contributed by atoms with van der Waals surface area (Å²) >= 11 is 0. The molecule has 0 radical (unpaired) electrons. The number of aromatic carboxylic acids is 1. The number of fused-ring (bicyclic) bond motifs is 1. The lowest BCUT2D eigenvalue weighted by molar-refractivity contribution is 0.0696. The average Bonchev–Trinajstić information content (AvgIpc) is 2.17. The van der Waals surface area contributed by atoms with Gasteiger partial charge in [-0.05, 0) is 43.1 Å². The number of carbonyl (C=O) groups is 1. The molecule has 0 saturated heterocycles. The van der Waals surface area contributed by atoms with Crippen LogP contribution in [0.2, 0.25) is 0 Å². The highest BCUT2D eigenvalue weighted by molar-refractivity contribution is 5.87. The number of nitrogens with one attached hydrogen (secondary N) is 1. The van der Waals surface area contributed by atoms with E-state index in [-0.39, 0.29) is 0 Å². The lowest BCUT2D eigenvalue weighted by atomic mass is 9.93. The Morgan fingerprint density at radius 2 is 2.36 bits per heavy atom. The first kappa shape index (κ1) is 9.21. The number of hydrogen-bond donors (Lipinski definition) is 2. The molecule has 0 saturated carbocycles. The summed E-state index contributed by atoms with van der Waals surface area (Å²) in [7, 11) is 0. The largest absolute Gasteiger partial charge is 0.478 e. The van der Waals surface area contributed by atoms with E-state index in [9.17, 15) is 4.79 Å². The Bertz CT molecular complexity index is 374. The third kappa shape index (κ3) is 1.51. The van der Waals surface area contributed by atoms with Crippen LogP contribution in [0.3, 0.4) is 0 Å². The maximum absolute atomic E-state index is 10.8. The van der Waals surface area contributed by atoms with Crippen molar-refractivity contribution in [2.75, 3.05) is 6.54 Å². The van der Waals surface area contributed by atoms with Gasteiger partial charge in [0, 0.05) is 6.04 Å². The van der Waals surface area contributed by atoms with Gasteiger partial charge in [-0.3, -0.25) is 0 Å². The summed E-state index contributed by atoms with van der Waals surface area (Å²) in [5.41, 5.74) is 2.77. The monoisotopic (exact) mass is 191 g/mol. The van der Waals surface area contributed by atoms with E-state index in [0.717, 1.165) is 18.5 Å². The molecule has 3 nitrogen and oxygen atoms in total. The molecule has 1 aromatic carbocycles. The van der Waals surface area contributed by atoms with Crippen LogP contribution in [-0.2, 0) is 6.42 Å². The zero-order valence-electron chi connectivity index (χ0n) is 8.08. The standard InChI is InChI=1S/C11H13NO2/c1-7-10-3-2-9(11(13)14)6-8(10)4-5-12-7/h2-3,6-7,12H,4-5H2,1H3,(H,13,14). The molecule has 14 heavy (non-hydrogen) atoms. The van der Waals surface area contributed by atoms with E-state index in [1.807, 2.05) is 6.07 Å². The summed E-state index contributed by atoms with van der Waals surface area (Å²) < 4.78 is 0. The van der Waals surface area contributed by atoms with E-state index < -0.39 is 5.97 Å². The van der Waals surface area contributed by atoms with Crippen LogP contribution in [0.5, 0.6) is 0 Å². The summed E-state index contributed by atoms with van der Waals surface area (Å²) in [5, 5.41) is 12.2. The number of benzene rings is 1. The molecule has 2 N–H and O–H groups in total. The van der Waals surface area contributed by atoms with Crippen molar-refractivity contribution in [1.82, 2.24) is 5.32 Å². The lowest BCUT2D eigenvalue weighted by Crippen LogP contribution is -2.27. The van der Waals surface area contributed by atoms with E-state index in [2.05, 4.69) is 12.2 Å². The molecule has 2 rings (SSSR count). The van der Waals surface area contributed by atoms with Gasteiger partial charge >= 0.3 is 5.97 Å². The highest BCUT2D eigenvalue weighted by Crippen LogP contribution is 2.23. The lowest BCUT2D eigenvalue weighted by Gasteiger charge is -2.23. The van der Waals surface area contributed by atoms with Gasteiger partial charge in [-0.2, -0.15) is 0 Å². The molecule has 1 aromatic rings. The first-order valence-electron chi connectivity index (χ1n) is 4.78. The molecule has 3 heteroatoms. The van der Waals surface area contributed by atoms with E-state index in [0.29, 0.717) is 11.6 Å². The van der Waals surface area contributed by atoms with Crippen molar-refractivity contribution in [3.63, 3.8) is 0 Å². The molecular weight excluding hydrogens is 178 g/mol. The van der Waals surface area contributed by atoms with Crippen LogP contribution in [0.4, 0.5) is 0 Å². The van der Waals surface area contributed by atoms with E-state index >= 15 is 0 Å². The highest BCUT2D eigenvalue weighted by Gasteiger charge is 2.16. The maximum Gasteiger partial charge on any atom is 0.335 e. The minimum atomic E-state index is -0.848. The van der Waals surface area contributed by atoms with Crippen molar-refractivity contribution in [1.29, 1.82) is 0 Å². The molecule has 74 valence electrons. The molecule has 1 atom stereocenters. The number of carboxylic acid groups (broad SMARTS) is 1. The van der Waals surface area contributed by atoms with Gasteiger partial charge in [0.2, 0.25) is 0 Å². The molecule has 0 aliphatic carbocycles. The fraction of sp³-hybridized carbons (Fsp3) is 0.364. The Morgan fingerprint density at radius 1 is 1.57 bits per heavy atom. The topological polar surface area (TPSA) is 49.3 Å². The molecule has 1 aliphatic rings. The fourth-order valence-corrected chi connectivity index (χ4v) is 1.91. The van der Waals surface area contributed by atoms with Crippen LogP contribution in [0.25, 0.3) is 0 Å². The predicted molar refractivity (Wildman–Crippen MR) is 53.5 cm³/mol. The van der Waals surface area contributed by atoms with Crippen LogP contribution < -0.4 is 5.32 Å². The van der Waals surface area contributed by atoms with Crippen molar-refractivity contribution in [3.05, 3.63) is 34.9 Å². The van der Waals surface area contributed by atoms with Gasteiger partial charge in [-0.1, -0.05) is 6.07 Å². The van der Waals surface area contributed by atoms with E-state index in [1.54, 1.807) is 12.1 Å². The Hall–Kier alpha value is -1.35. The third-order valence-electron chi connectivity index (χ3n) is 2.70. The zero-order valence-corrected chi connectivity index (χ0v) is 8.08. The van der Waals surface area contributed by atoms with Crippen molar-refractivity contribution in [3.8, 4) is 0 Å². The van der Waals surface area contributed by atoms with Crippen LogP contribution >= 0.6 is 0 Å². The zero-order chi connectivity index (χ0) is 10.1. The van der Waals surface area contributed by atoms with Crippen LogP contribution in [-0.4, -0.2) is 17.6 Å². The summed E-state index contributed by atoms with van der Waals surface area (Å²) in [6.07, 6.45) is 0.917. The molecule has 1 heterocycles. The van der Waals surface area contributed by atoms with Gasteiger partial charge in [0.25, 0.3) is 0 Å². The summed E-state index contributed by atoms with van der Waals surface area (Å²) in [4.78, 5) is 10.8. The molecule has 0 bridgehead atoms. The molecule has 1 aliphatic heterocycles. The first-order valence-corrected chi connectivity index (χ1v) is 4.78. The molecular formula is C11H13NO2. The molecule has 0 aromatic heterocycles. The SMILES string of the molecule is CC1NCCc2cc(C(=O)O)ccc21. The summed E-state index contributed by atoms with van der Waals surface area (Å²) in [5.74, 6) is -0.848. The van der Waals surface area contributed by atoms with Crippen molar-refractivity contribution in [2.24, 2.45) is 0 Å². The smallest absolute Gasteiger partial charge is 0.335 e. The van der Waals surface area contributed by atoms with Gasteiger partial charge in [0.05, 0.1) is 5.56 Å². The fourth-order valence-electron chi connectivity index (χ4n) is 1.91. The van der Waals surface area contributed by atoms with Crippen LogP contribution in [0, 0.1) is 0 Å². The second-order valence-electron chi connectivity index (χ2n) is 3.64. The van der Waals surface area contributed by atoms with Gasteiger partial charge in [-0.15, -0.1) is 0 Å².